The summed E-state index contributed by atoms with van der Waals surface area (Å²) in [6.07, 6.45) is 0.588. The third-order valence-electron chi connectivity index (χ3n) is 4.79. The van der Waals surface area contributed by atoms with E-state index >= 15 is 0 Å². The molecule has 0 bridgehead atoms. The van der Waals surface area contributed by atoms with Crippen LogP contribution in [0.1, 0.15) is 29.0 Å². The van der Waals surface area contributed by atoms with Crippen LogP contribution in [0.2, 0.25) is 0 Å². The number of hydrogen-bond donors (Lipinski definition) is 2. The SMILES string of the molecule is Cc1cc(S(=O)(=O)NC2CNCCC2c2ccc(F)c(F)c2)ccc1C#N.Cl. The molecule has 3 rings (SSSR count). The van der Waals surface area contributed by atoms with Gasteiger partial charge in [-0.05, 0) is 61.3 Å². The van der Waals surface area contributed by atoms with Gasteiger partial charge in [0.1, 0.15) is 0 Å². The Balaban J connectivity index is 0.00000280. The molecule has 2 aromatic carbocycles. The number of piperidine rings is 1. The lowest BCUT2D eigenvalue weighted by Crippen LogP contribution is -2.49. The minimum absolute atomic E-state index is 0. The van der Waals surface area contributed by atoms with Crippen LogP contribution in [-0.2, 0) is 10.0 Å². The van der Waals surface area contributed by atoms with Crippen molar-refractivity contribution in [2.45, 2.75) is 30.2 Å². The van der Waals surface area contributed by atoms with Crippen molar-refractivity contribution in [2.24, 2.45) is 0 Å². The highest BCUT2D eigenvalue weighted by Gasteiger charge is 2.31. The molecule has 0 radical (unpaired) electrons. The van der Waals surface area contributed by atoms with Gasteiger partial charge in [-0.1, -0.05) is 6.07 Å². The first-order chi connectivity index (χ1) is 12.8. The highest BCUT2D eigenvalue weighted by atomic mass is 35.5. The molecule has 0 saturated carbocycles. The molecule has 1 aliphatic rings. The predicted octanol–water partition coefficient (Wildman–Crippen LogP) is 2.99. The summed E-state index contributed by atoms with van der Waals surface area (Å²) in [6, 6.07) is 9.46. The number of halogens is 3. The molecule has 0 spiro atoms. The fourth-order valence-electron chi connectivity index (χ4n) is 3.32. The molecule has 0 aromatic heterocycles. The lowest BCUT2D eigenvalue weighted by molar-refractivity contribution is 0.376. The highest BCUT2D eigenvalue weighted by molar-refractivity contribution is 7.89. The predicted molar refractivity (Wildman–Crippen MR) is 104 cm³/mol. The van der Waals surface area contributed by atoms with Crippen LogP contribution in [0, 0.1) is 29.9 Å². The van der Waals surface area contributed by atoms with Crippen LogP contribution in [0.5, 0.6) is 0 Å². The van der Waals surface area contributed by atoms with Gasteiger partial charge in [0.2, 0.25) is 10.0 Å². The van der Waals surface area contributed by atoms with Crippen molar-refractivity contribution in [3.8, 4) is 6.07 Å². The van der Waals surface area contributed by atoms with E-state index in [0.29, 0.717) is 36.2 Å². The fraction of sp³-hybridized carbons (Fsp3) is 0.316. The first-order valence-electron chi connectivity index (χ1n) is 8.50. The van der Waals surface area contributed by atoms with Crippen LogP contribution < -0.4 is 10.0 Å². The van der Waals surface area contributed by atoms with Crippen molar-refractivity contribution < 1.29 is 17.2 Å². The van der Waals surface area contributed by atoms with E-state index in [2.05, 4.69) is 10.0 Å². The lowest BCUT2D eigenvalue weighted by Gasteiger charge is -2.33. The number of benzene rings is 2. The molecule has 2 unspecified atom stereocenters. The average molecular weight is 428 g/mol. The number of nitriles is 1. The van der Waals surface area contributed by atoms with Gasteiger partial charge in [0.15, 0.2) is 11.6 Å². The lowest BCUT2D eigenvalue weighted by atomic mass is 9.86. The van der Waals surface area contributed by atoms with Gasteiger partial charge >= 0.3 is 0 Å². The molecule has 5 nitrogen and oxygen atoms in total. The molecule has 2 atom stereocenters. The molecule has 9 heteroatoms. The standard InChI is InChI=1S/C19H19F2N3O2S.ClH/c1-12-8-15(4-2-14(12)10-22)27(25,26)24-19-11-23-7-6-16(19)13-3-5-17(20)18(21)9-13;/h2-5,8-9,16,19,23-24H,6-7,11H2,1H3;1H. The number of nitrogens with zero attached hydrogens (tertiary/aromatic N) is 1. The van der Waals surface area contributed by atoms with Gasteiger partial charge in [-0.2, -0.15) is 5.26 Å². The first kappa shape index (κ1) is 22.2. The molecule has 1 fully saturated rings. The van der Waals surface area contributed by atoms with Crippen LogP contribution in [0.3, 0.4) is 0 Å². The molecular weight excluding hydrogens is 408 g/mol. The van der Waals surface area contributed by atoms with Crippen LogP contribution in [0.25, 0.3) is 0 Å². The van der Waals surface area contributed by atoms with Gasteiger partial charge in [0.05, 0.1) is 16.5 Å². The molecule has 1 heterocycles. The first-order valence-corrected chi connectivity index (χ1v) is 9.99. The molecule has 0 amide bonds. The highest BCUT2D eigenvalue weighted by Crippen LogP contribution is 2.28. The Labute approximate surface area is 169 Å². The number of nitrogens with one attached hydrogen (secondary N) is 2. The Bertz CT molecular complexity index is 1010. The number of sulfonamides is 1. The van der Waals surface area contributed by atoms with Crippen LogP contribution in [-0.4, -0.2) is 27.5 Å². The monoisotopic (exact) mass is 427 g/mol. The average Bonchev–Trinajstić information content (AvgIpc) is 2.64. The number of rotatable bonds is 4. The number of hydrogen-bond acceptors (Lipinski definition) is 4. The smallest absolute Gasteiger partial charge is 0.240 e. The van der Waals surface area contributed by atoms with Crippen molar-refractivity contribution in [1.29, 1.82) is 5.26 Å². The Kier molecular flexibility index (Phi) is 7.12. The largest absolute Gasteiger partial charge is 0.315 e. The maximum atomic E-state index is 13.6. The fourth-order valence-corrected chi connectivity index (χ4v) is 4.68. The molecular formula is C19H20ClF2N3O2S. The van der Waals surface area contributed by atoms with E-state index in [1.54, 1.807) is 6.92 Å². The zero-order valence-electron chi connectivity index (χ0n) is 15.1. The Morgan fingerprint density at radius 2 is 1.93 bits per heavy atom. The summed E-state index contributed by atoms with van der Waals surface area (Å²) in [6.45, 7) is 2.69. The molecule has 0 aliphatic carbocycles. The van der Waals surface area contributed by atoms with Crippen LogP contribution >= 0.6 is 12.4 Å². The molecule has 1 saturated heterocycles. The zero-order valence-corrected chi connectivity index (χ0v) is 16.7. The maximum absolute atomic E-state index is 13.6. The molecule has 150 valence electrons. The third-order valence-corrected chi connectivity index (χ3v) is 6.28. The van der Waals surface area contributed by atoms with E-state index in [4.69, 9.17) is 5.26 Å². The van der Waals surface area contributed by atoms with E-state index < -0.39 is 27.7 Å². The van der Waals surface area contributed by atoms with E-state index in [-0.39, 0.29) is 23.2 Å². The van der Waals surface area contributed by atoms with Crippen molar-refractivity contribution >= 4 is 22.4 Å². The van der Waals surface area contributed by atoms with Gasteiger partial charge in [-0.3, -0.25) is 0 Å². The van der Waals surface area contributed by atoms with Gasteiger partial charge in [-0.25, -0.2) is 21.9 Å². The van der Waals surface area contributed by atoms with Gasteiger partial charge < -0.3 is 5.32 Å². The quantitative estimate of drug-likeness (QED) is 0.785. The second-order valence-electron chi connectivity index (χ2n) is 6.59. The Hall–Kier alpha value is -2.05. The van der Waals surface area contributed by atoms with Crippen molar-refractivity contribution in [3.63, 3.8) is 0 Å². The minimum Gasteiger partial charge on any atom is -0.315 e. The van der Waals surface area contributed by atoms with E-state index in [1.165, 1.54) is 24.3 Å². The third kappa shape index (κ3) is 4.67. The summed E-state index contributed by atoms with van der Waals surface area (Å²) in [7, 11) is -3.83. The summed E-state index contributed by atoms with van der Waals surface area (Å²) in [5.41, 5.74) is 1.53. The Morgan fingerprint density at radius 1 is 1.18 bits per heavy atom. The second kappa shape index (κ2) is 8.97. The molecule has 2 aromatic rings. The van der Waals surface area contributed by atoms with Crippen molar-refractivity contribution in [2.75, 3.05) is 13.1 Å². The van der Waals surface area contributed by atoms with Crippen molar-refractivity contribution in [1.82, 2.24) is 10.0 Å². The van der Waals surface area contributed by atoms with E-state index in [0.717, 1.165) is 12.1 Å². The summed E-state index contributed by atoms with van der Waals surface area (Å²) < 4.78 is 55.1. The Morgan fingerprint density at radius 3 is 2.57 bits per heavy atom. The van der Waals surface area contributed by atoms with Gasteiger partial charge in [0.25, 0.3) is 0 Å². The van der Waals surface area contributed by atoms with Gasteiger partial charge in [0, 0.05) is 18.5 Å². The summed E-state index contributed by atoms with van der Waals surface area (Å²) in [5.74, 6) is -2.16. The van der Waals surface area contributed by atoms with E-state index in [1.807, 2.05) is 6.07 Å². The zero-order chi connectivity index (χ0) is 19.6. The van der Waals surface area contributed by atoms with E-state index in [9.17, 15) is 17.2 Å². The summed E-state index contributed by atoms with van der Waals surface area (Å²) in [4.78, 5) is 0.0635. The van der Waals surface area contributed by atoms with Gasteiger partial charge in [-0.15, -0.1) is 12.4 Å². The van der Waals surface area contributed by atoms with Crippen LogP contribution in [0.15, 0.2) is 41.3 Å². The normalized spacial score (nSPS) is 19.5. The topological polar surface area (TPSA) is 82.0 Å². The minimum atomic E-state index is -3.83. The second-order valence-corrected chi connectivity index (χ2v) is 8.30. The molecule has 2 N–H and O–H groups in total. The summed E-state index contributed by atoms with van der Waals surface area (Å²) in [5, 5.41) is 12.1. The maximum Gasteiger partial charge on any atom is 0.240 e. The molecule has 1 aliphatic heterocycles. The number of aryl methyl sites for hydroxylation is 1. The van der Waals surface area contributed by atoms with Crippen molar-refractivity contribution in [3.05, 3.63) is 64.7 Å². The molecule has 28 heavy (non-hydrogen) atoms. The summed E-state index contributed by atoms with van der Waals surface area (Å²) >= 11 is 0. The van der Waals surface area contributed by atoms with Crippen LogP contribution in [0.4, 0.5) is 8.78 Å².